The van der Waals surface area contributed by atoms with Crippen LogP contribution < -0.4 is 4.74 Å². The molecule has 0 aliphatic carbocycles. The largest absolute Gasteiger partial charge is 0.744 e. The van der Waals surface area contributed by atoms with Crippen LogP contribution in [0.15, 0.2) is 77.7 Å². The van der Waals surface area contributed by atoms with Crippen molar-refractivity contribution >= 4 is 10.1 Å². The Morgan fingerprint density at radius 2 is 1.31 bits per heavy atom. The van der Waals surface area contributed by atoms with Gasteiger partial charge >= 0.3 is 0 Å². The van der Waals surface area contributed by atoms with Gasteiger partial charge in [-0.05, 0) is 111 Å². The number of hydrogen-bond acceptors (Lipinski definition) is 5. The number of phenolic OH excluding ortho intramolecular Hbond substituents is 1. The third-order valence-corrected chi connectivity index (χ3v) is 7.43. The van der Waals surface area contributed by atoms with Crippen molar-refractivity contribution in [1.29, 1.82) is 0 Å². The molecule has 5 nitrogen and oxygen atoms in total. The zero-order valence-corrected chi connectivity index (χ0v) is 22.6. The highest BCUT2D eigenvalue weighted by atomic mass is 32.2. The second-order valence-electron chi connectivity index (χ2n) is 10.6. The molecule has 3 unspecified atom stereocenters. The van der Waals surface area contributed by atoms with Gasteiger partial charge in [0.2, 0.25) is 0 Å². The molecule has 0 aliphatic heterocycles. The van der Waals surface area contributed by atoms with Gasteiger partial charge in [-0.15, -0.1) is 0 Å². The Hall–Kier alpha value is -2.83. The fraction of sp³-hybridized carbons (Fsp3) is 0.400. The third-order valence-electron chi connectivity index (χ3n) is 6.58. The maximum absolute atomic E-state index is 11.3. The second kappa shape index (κ2) is 11.5. The van der Waals surface area contributed by atoms with Crippen molar-refractivity contribution in [1.82, 2.24) is 0 Å². The monoisotopic (exact) mass is 509 g/mol. The molecule has 6 heteroatoms. The van der Waals surface area contributed by atoms with Crippen molar-refractivity contribution < 1.29 is 22.8 Å². The topological polar surface area (TPSA) is 86.7 Å². The molecule has 1 N–H and O–H groups in total. The van der Waals surface area contributed by atoms with Crippen LogP contribution in [-0.2, 0) is 10.1 Å². The van der Waals surface area contributed by atoms with Gasteiger partial charge in [0.1, 0.15) is 27.2 Å². The summed E-state index contributed by atoms with van der Waals surface area (Å²) >= 11 is 0. The Kier molecular flexibility index (Phi) is 8.85. The molecule has 194 valence electrons. The lowest BCUT2D eigenvalue weighted by atomic mass is 9.78. The zero-order chi connectivity index (χ0) is 26.5. The molecule has 0 bridgehead atoms. The highest BCUT2D eigenvalue weighted by Crippen LogP contribution is 2.39. The van der Waals surface area contributed by atoms with Gasteiger partial charge in [-0.1, -0.05) is 50.2 Å². The Morgan fingerprint density at radius 1 is 0.806 bits per heavy atom. The highest BCUT2D eigenvalue weighted by molar-refractivity contribution is 7.85. The molecular weight excluding hydrogens is 472 g/mol. The molecule has 0 aliphatic rings. The molecule has 0 amide bonds. The quantitative estimate of drug-likeness (QED) is 0.289. The molecule has 3 aromatic carbocycles. The van der Waals surface area contributed by atoms with E-state index in [1.165, 1.54) is 17.7 Å². The van der Waals surface area contributed by atoms with Crippen LogP contribution in [0.2, 0.25) is 0 Å². The minimum Gasteiger partial charge on any atom is -0.744 e. The highest BCUT2D eigenvalue weighted by Gasteiger charge is 2.22. The van der Waals surface area contributed by atoms with Crippen LogP contribution in [0, 0.1) is 0 Å². The average molecular weight is 510 g/mol. The van der Waals surface area contributed by atoms with Gasteiger partial charge in [0.15, 0.2) is 0 Å². The van der Waals surface area contributed by atoms with E-state index in [2.05, 4.69) is 26.0 Å². The number of phenols is 1. The average Bonchev–Trinajstić information content (AvgIpc) is 2.81. The van der Waals surface area contributed by atoms with E-state index in [4.69, 9.17) is 4.74 Å². The number of benzene rings is 3. The molecule has 0 saturated carbocycles. The molecule has 3 rings (SSSR count). The van der Waals surface area contributed by atoms with Crippen molar-refractivity contribution in [2.75, 3.05) is 0 Å². The molecule has 0 fully saturated rings. The maximum Gasteiger partial charge on any atom is 0.124 e. The first kappa shape index (κ1) is 27.8. The van der Waals surface area contributed by atoms with Crippen molar-refractivity contribution in [2.24, 2.45) is 0 Å². The van der Waals surface area contributed by atoms with Crippen LogP contribution in [0.3, 0.4) is 0 Å². The lowest BCUT2D eigenvalue weighted by molar-refractivity contribution is 0.131. The Labute approximate surface area is 215 Å². The summed E-state index contributed by atoms with van der Waals surface area (Å²) in [6.45, 7) is 10.4. The predicted octanol–water partition coefficient (Wildman–Crippen LogP) is 7.33. The van der Waals surface area contributed by atoms with E-state index >= 15 is 0 Å². The van der Waals surface area contributed by atoms with E-state index in [-0.39, 0.29) is 34.0 Å². The number of rotatable bonds is 10. The summed E-state index contributed by atoms with van der Waals surface area (Å²) in [7, 11) is -4.46. The Balaban J connectivity index is 1.83. The molecular formula is C30H37O5S-. The molecule has 0 saturated heterocycles. The SMILES string of the molecule is CCC(CC(CC(C)c1ccc(OC(C)(C)C)cc1)c1ccc(O)cc1)c1ccc(S(=O)(=O)[O-])cc1. The minimum absolute atomic E-state index is 0.196. The van der Waals surface area contributed by atoms with Gasteiger partial charge in [0.25, 0.3) is 0 Å². The van der Waals surface area contributed by atoms with E-state index in [1.807, 2.05) is 45.0 Å². The Bertz CT molecular complexity index is 1210. The van der Waals surface area contributed by atoms with Gasteiger partial charge in [0, 0.05) is 0 Å². The maximum atomic E-state index is 11.3. The minimum atomic E-state index is -4.46. The molecule has 0 aromatic heterocycles. The van der Waals surface area contributed by atoms with E-state index in [1.54, 1.807) is 24.3 Å². The third kappa shape index (κ3) is 7.84. The van der Waals surface area contributed by atoms with Crippen LogP contribution in [0.5, 0.6) is 11.5 Å². The molecule has 0 heterocycles. The van der Waals surface area contributed by atoms with Crippen LogP contribution >= 0.6 is 0 Å². The van der Waals surface area contributed by atoms with Crippen LogP contribution in [0.1, 0.15) is 88.3 Å². The van der Waals surface area contributed by atoms with E-state index in [0.717, 1.165) is 36.1 Å². The molecule has 3 aromatic rings. The van der Waals surface area contributed by atoms with Gasteiger partial charge in [0.05, 0.1) is 4.90 Å². The Morgan fingerprint density at radius 3 is 1.81 bits per heavy atom. The van der Waals surface area contributed by atoms with Crippen LogP contribution in [-0.4, -0.2) is 23.7 Å². The van der Waals surface area contributed by atoms with Gasteiger partial charge < -0.3 is 14.4 Å². The lowest BCUT2D eigenvalue weighted by Crippen LogP contribution is -2.22. The van der Waals surface area contributed by atoms with E-state index in [9.17, 15) is 18.1 Å². The summed E-state index contributed by atoms with van der Waals surface area (Å²) in [5, 5.41) is 9.82. The first-order valence-corrected chi connectivity index (χ1v) is 13.9. The predicted molar refractivity (Wildman–Crippen MR) is 143 cm³/mol. The number of hydrogen-bond donors (Lipinski definition) is 1. The first-order valence-electron chi connectivity index (χ1n) is 12.5. The zero-order valence-electron chi connectivity index (χ0n) is 21.8. The summed E-state index contributed by atoms with van der Waals surface area (Å²) in [5.74, 6) is 1.79. The van der Waals surface area contributed by atoms with Crippen molar-refractivity contribution in [3.05, 3.63) is 89.5 Å². The molecule has 3 atom stereocenters. The number of ether oxygens (including phenoxy) is 1. The van der Waals surface area contributed by atoms with Gasteiger partial charge in [-0.2, -0.15) is 0 Å². The first-order chi connectivity index (χ1) is 16.9. The second-order valence-corrected chi connectivity index (χ2v) is 12.0. The smallest absolute Gasteiger partial charge is 0.124 e. The molecule has 0 spiro atoms. The summed E-state index contributed by atoms with van der Waals surface area (Å²) in [6.07, 6.45) is 2.65. The summed E-state index contributed by atoms with van der Waals surface area (Å²) in [4.78, 5) is -0.205. The van der Waals surface area contributed by atoms with Crippen molar-refractivity contribution in [2.45, 2.75) is 82.1 Å². The summed E-state index contributed by atoms with van der Waals surface area (Å²) in [6, 6.07) is 22.0. The summed E-state index contributed by atoms with van der Waals surface area (Å²) in [5.41, 5.74) is 3.16. The fourth-order valence-corrected chi connectivity index (χ4v) is 5.15. The van der Waals surface area contributed by atoms with Gasteiger partial charge in [-0.25, -0.2) is 8.42 Å². The standard InChI is InChI=1S/C30H38O5S/c1-6-22(24-11-17-29(18-12-24)36(32,33)34)20-26(25-7-13-27(31)14-8-25)19-21(2)23-9-15-28(16-10-23)35-30(3,4)5/h7-18,21-22,26,31H,6,19-20H2,1-5H3,(H,32,33,34)/p-1. The summed E-state index contributed by atoms with van der Waals surface area (Å²) < 4.78 is 40.0. The van der Waals surface area contributed by atoms with E-state index < -0.39 is 10.1 Å². The molecule has 36 heavy (non-hydrogen) atoms. The molecule has 0 radical (unpaired) electrons. The van der Waals surface area contributed by atoms with Crippen molar-refractivity contribution in [3.8, 4) is 11.5 Å². The van der Waals surface area contributed by atoms with E-state index in [0.29, 0.717) is 0 Å². The lowest BCUT2D eigenvalue weighted by Gasteiger charge is -2.27. The number of aromatic hydroxyl groups is 1. The fourth-order valence-electron chi connectivity index (χ4n) is 4.68. The normalized spacial score (nSPS) is 14.7. The van der Waals surface area contributed by atoms with Gasteiger partial charge in [-0.3, -0.25) is 0 Å². The van der Waals surface area contributed by atoms with Crippen LogP contribution in [0.25, 0.3) is 0 Å². The van der Waals surface area contributed by atoms with Crippen LogP contribution in [0.4, 0.5) is 0 Å². The van der Waals surface area contributed by atoms with Crippen molar-refractivity contribution in [3.63, 3.8) is 0 Å².